The van der Waals surface area contributed by atoms with Gasteiger partial charge in [0.15, 0.2) is 0 Å². The van der Waals surface area contributed by atoms with Gasteiger partial charge in [-0.05, 0) is 19.0 Å². The molecule has 0 radical (unpaired) electrons. The second kappa shape index (κ2) is 6.70. The molecule has 0 fully saturated rings. The number of esters is 1. The molecule has 0 amide bonds. The summed E-state index contributed by atoms with van der Waals surface area (Å²) in [6, 6.07) is 0.727. The van der Waals surface area contributed by atoms with Crippen LogP contribution in [0, 0.1) is 0 Å². The van der Waals surface area contributed by atoms with E-state index in [4.69, 9.17) is 13.6 Å². The van der Waals surface area contributed by atoms with Gasteiger partial charge in [0, 0.05) is 21.1 Å². The van der Waals surface area contributed by atoms with Crippen molar-refractivity contribution in [2.24, 2.45) is 0 Å². The molecule has 5 nitrogen and oxygen atoms in total. The number of Topliss-reactive ketones (excluding diaryl/α,β-unsaturated/α-hetero) is 1. The second-order valence-electron chi connectivity index (χ2n) is 3.34. The van der Waals surface area contributed by atoms with Crippen LogP contribution in [0.1, 0.15) is 13.3 Å². The average molecular weight is 234 g/mol. The molecule has 0 aliphatic rings. The van der Waals surface area contributed by atoms with Crippen LogP contribution in [0.3, 0.4) is 0 Å². The summed E-state index contributed by atoms with van der Waals surface area (Å²) >= 11 is 0. The van der Waals surface area contributed by atoms with Gasteiger partial charge < -0.3 is 13.6 Å². The van der Waals surface area contributed by atoms with Gasteiger partial charge >= 0.3 is 14.5 Å². The minimum absolute atomic E-state index is 0.230. The zero-order valence-corrected chi connectivity index (χ0v) is 10.7. The standard InChI is InChI=1S/C9H18O5Si/c1-8(10)9(11)14-6-5-7-15(4,12-2)13-3/h5-7H2,1-4H3. The third-order valence-corrected chi connectivity index (χ3v) is 5.15. The Morgan fingerprint density at radius 3 is 2.13 bits per heavy atom. The highest BCUT2D eigenvalue weighted by molar-refractivity contribution is 6.65. The summed E-state index contributed by atoms with van der Waals surface area (Å²) in [4.78, 5) is 21.3. The summed E-state index contributed by atoms with van der Waals surface area (Å²) in [5, 5.41) is 0. The lowest BCUT2D eigenvalue weighted by atomic mass is 10.4. The van der Waals surface area contributed by atoms with E-state index in [2.05, 4.69) is 0 Å². The number of carbonyl (C=O) groups is 2. The molecule has 0 heterocycles. The maximum absolute atomic E-state index is 10.8. The first-order chi connectivity index (χ1) is 6.95. The van der Waals surface area contributed by atoms with Crippen LogP contribution >= 0.6 is 0 Å². The topological polar surface area (TPSA) is 61.8 Å². The van der Waals surface area contributed by atoms with Gasteiger partial charge in [0.05, 0.1) is 6.61 Å². The van der Waals surface area contributed by atoms with E-state index in [1.807, 2.05) is 6.55 Å². The molecular formula is C9H18O5Si. The molecule has 0 rings (SSSR count). The van der Waals surface area contributed by atoms with Gasteiger partial charge in [-0.25, -0.2) is 4.79 Å². The van der Waals surface area contributed by atoms with Crippen molar-refractivity contribution >= 4 is 20.3 Å². The Bertz CT molecular complexity index is 225. The fourth-order valence-corrected chi connectivity index (χ4v) is 2.31. The van der Waals surface area contributed by atoms with Gasteiger partial charge in [-0.2, -0.15) is 0 Å². The molecule has 88 valence electrons. The smallest absolute Gasteiger partial charge is 0.374 e. The Balaban J connectivity index is 3.71. The lowest BCUT2D eigenvalue weighted by Gasteiger charge is -2.22. The number of ketones is 1. The first-order valence-corrected chi connectivity index (χ1v) is 7.25. The molecule has 0 aliphatic heterocycles. The van der Waals surface area contributed by atoms with Gasteiger partial charge in [-0.1, -0.05) is 0 Å². The summed E-state index contributed by atoms with van der Waals surface area (Å²) in [6.45, 7) is 3.35. The Hall–Kier alpha value is -0.723. The molecule has 0 aromatic carbocycles. The lowest BCUT2D eigenvalue weighted by Crippen LogP contribution is -2.36. The van der Waals surface area contributed by atoms with Gasteiger partial charge in [0.2, 0.25) is 5.78 Å². The molecule has 0 spiro atoms. The molecule has 0 saturated heterocycles. The van der Waals surface area contributed by atoms with Crippen molar-refractivity contribution in [1.82, 2.24) is 0 Å². The molecule has 6 heteroatoms. The summed E-state index contributed by atoms with van der Waals surface area (Å²) in [6.07, 6.45) is 0.642. The third-order valence-electron chi connectivity index (χ3n) is 2.16. The van der Waals surface area contributed by atoms with Crippen molar-refractivity contribution in [1.29, 1.82) is 0 Å². The minimum atomic E-state index is -2.07. The molecule has 0 atom stereocenters. The monoisotopic (exact) mass is 234 g/mol. The normalized spacial score (nSPS) is 11.2. The Morgan fingerprint density at radius 1 is 1.20 bits per heavy atom. The molecular weight excluding hydrogens is 216 g/mol. The largest absolute Gasteiger partial charge is 0.460 e. The lowest BCUT2D eigenvalue weighted by molar-refractivity contribution is -0.152. The highest BCUT2D eigenvalue weighted by Gasteiger charge is 2.27. The van der Waals surface area contributed by atoms with Gasteiger partial charge in [-0.15, -0.1) is 0 Å². The van der Waals surface area contributed by atoms with Crippen LogP contribution in [0.2, 0.25) is 12.6 Å². The first kappa shape index (κ1) is 14.3. The fraction of sp³-hybridized carbons (Fsp3) is 0.778. The van der Waals surface area contributed by atoms with Crippen LogP contribution < -0.4 is 0 Å². The molecule has 0 unspecified atom stereocenters. The average Bonchev–Trinajstić information content (AvgIpc) is 2.23. The summed E-state index contributed by atoms with van der Waals surface area (Å²) < 4.78 is 15.2. The highest BCUT2D eigenvalue weighted by Crippen LogP contribution is 2.13. The predicted molar refractivity (Wildman–Crippen MR) is 56.7 cm³/mol. The number of hydrogen-bond acceptors (Lipinski definition) is 5. The first-order valence-electron chi connectivity index (χ1n) is 4.73. The zero-order valence-electron chi connectivity index (χ0n) is 9.66. The number of ether oxygens (including phenoxy) is 1. The van der Waals surface area contributed by atoms with E-state index < -0.39 is 20.3 Å². The second-order valence-corrected chi connectivity index (χ2v) is 6.92. The minimum Gasteiger partial charge on any atom is -0.460 e. The van der Waals surface area contributed by atoms with Crippen molar-refractivity contribution in [2.45, 2.75) is 25.9 Å². The molecule has 0 bridgehead atoms. The maximum atomic E-state index is 10.8. The van der Waals surface area contributed by atoms with E-state index >= 15 is 0 Å². The molecule has 15 heavy (non-hydrogen) atoms. The molecule has 0 saturated carbocycles. The van der Waals surface area contributed by atoms with Crippen molar-refractivity contribution in [3.05, 3.63) is 0 Å². The van der Waals surface area contributed by atoms with E-state index in [9.17, 15) is 9.59 Å². The molecule has 0 aromatic heterocycles. The predicted octanol–water partition coefficient (Wildman–Crippen LogP) is 0.873. The number of carbonyl (C=O) groups excluding carboxylic acids is 2. The van der Waals surface area contributed by atoms with Gasteiger partial charge in [0.25, 0.3) is 0 Å². The van der Waals surface area contributed by atoms with Crippen molar-refractivity contribution in [3.8, 4) is 0 Å². The maximum Gasteiger partial charge on any atom is 0.374 e. The number of rotatable bonds is 7. The Labute approximate surface area is 91.0 Å². The Kier molecular flexibility index (Phi) is 6.38. The van der Waals surface area contributed by atoms with Crippen LogP contribution in [0.5, 0.6) is 0 Å². The molecule has 0 N–H and O–H groups in total. The summed E-state index contributed by atoms with van der Waals surface area (Å²) in [7, 11) is 1.14. The third kappa shape index (κ3) is 5.66. The van der Waals surface area contributed by atoms with E-state index in [1.165, 1.54) is 6.92 Å². The quantitative estimate of drug-likeness (QED) is 0.283. The van der Waals surface area contributed by atoms with Crippen LogP contribution in [0.4, 0.5) is 0 Å². The number of hydrogen-bond donors (Lipinski definition) is 0. The van der Waals surface area contributed by atoms with Crippen LogP contribution in [-0.4, -0.2) is 41.1 Å². The van der Waals surface area contributed by atoms with Crippen LogP contribution in [-0.2, 0) is 23.2 Å². The van der Waals surface area contributed by atoms with E-state index in [-0.39, 0.29) is 6.61 Å². The van der Waals surface area contributed by atoms with Gasteiger partial charge in [-0.3, -0.25) is 4.79 Å². The van der Waals surface area contributed by atoms with Crippen molar-refractivity contribution in [2.75, 3.05) is 20.8 Å². The fourth-order valence-electron chi connectivity index (χ4n) is 0.947. The van der Waals surface area contributed by atoms with Crippen molar-refractivity contribution in [3.63, 3.8) is 0 Å². The van der Waals surface area contributed by atoms with Gasteiger partial charge in [0.1, 0.15) is 0 Å². The zero-order chi connectivity index (χ0) is 11.9. The van der Waals surface area contributed by atoms with Crippen LogP contribution in [0.25, 0.3) is 0 Å². The Morgan fingerprint density at radius 2 is 1.73 bits per heavy atom. The van der Waals surface area contributed by atoms with E-state index in [1.54, 1.807) is 14.2 Å². The van der Waals surface area contributed by atoms with E-state index in [0.29, 0.717) is 6.42 Å². The molecule has 0 aromatic rings. The summed E-state index contributed by atoms with van der Waals surface area (Å²) in [5.41, 5.74) is 0. The SMILES string of the molecule is CO[Si](C)(CCCOC(=O)C(C)=O)OC. The highest BCUT2D eigenvalue weighted by atomic mass is 28.4. The molecule has 0 aliphatic carbocycles. The summed E-state index contributed by atoms with van der Waals surface area (Å²) in [5.74, 6) is -1.36. The van der Waals surface area contributed by atoms with Crippen LogP contribution in [0.15, 0.2) is 0 Å². The van der Waals surface area contributed by atoms with E-state index in [0.717, 1.165) is 6.04 Å². The van der Waals surface area contributed by atoms with Crippen molar-refractivity contribution < 1.29 is 23.2 Å².